The van der Waals surface area contributed by atoms with Crippen molar-refractivity contribution >= 4 is 5.97 Å². The summed E-state index contributed by atoms with van der Waals surface area (Å²) in [6, 6.07) is 0.554. The van der Waals surface area contributed by atoms with Crippen LogP contribution < -0.4 is 5.32 Å². The number of esters is 1. The van der Waals surface area contributed by atoms with E-state index >= 15 is 0 Å². The zero-order valence-corrected chi connectivity index (χ0v) is 9.01. The molecular weight excluding hydrogens is 178 g/mol. The molecule has 0 spiro atoms. The molecule has 0 aromatic rings. The van der Waals surface area contributed by atoms with Gasteiger partial charge in [0.1, 0.15) is 5.54 Å². The molecule has 2 rings (SSSR count). The summed E-state index contributed by atoms with van der Waals surface area (Å²) in [5, 5.41) is 3.41. The van der Waals surface area contributed by atoms with Crippen LogP contribution in [0.5, 0.6) is 0 Å². The quantitative estimate of drug-likeness (QED) is 0.678. The maximum Gasteiger partial charge on any atom is 0.325 e. The van der Waals surface area contributed by atoms with Gasteiger partial charge in [0.25, 0.3) is 0 Å². The van der Waals surface area contributed by atoms with Crippen molar-refractivity contribution in [2.75, 3.05) is 7.11 Å². The number of methoxy groups -OCH3 is 1. The van der Waals surface area contributed by atoms with Crippen LogP contribution >= 0.6 is 0 Å². The van der Waals surface area contributed by atoms with Gasteiger partial charge in [-0.25, -0.2) is 0 Å². The summed E-state index contributed by atoms with van der Waals surface area (Å²) in [5.41, 5.74) is -0.433. The molecule has 0 aliphatic heterocycles. The van der Waals surface area contributed by atoms with Crippen molar-refractivity contribution in [1.29, 1.82) is 0 Å². The van der Waals surface area contributed by atoms with E-state index in [0.717, 1.165) is 12.3 Å². The summed E-state index contributed by atoms with van der Waals surface area (Å²) in [6.07, 6.45) is 5.91. The molecule has 1 N–H and O–H groups in total. The number of nitrogens with one attached hydrogen (secondary N) is 1. The van der Waals surface area contributed by atoms with Crippen LogP contribution in [-0.4, -0.2) is 24.7 Å². The van der Waals surface area contributed by atoms with Crippen LogP contribution in [0.4, 0.5) is 0 Å². The van der Waals surface area contributed by atoms with E-state index in [9.17, 15) is 4.79 Å². The molecule has 2 aliphatic rings. The molecular formula is C11H19NO2. The van der Waals surface area contributed by atoms with Crippen molar-refractivity contribution in [2.45, 2.75) is 50.6 Å². The average Bonchev–Trinajstić information content (AvgIpc) is 2.99. The molecule has 3 heteroatoms. The summed E-state index contributed by atoms with van der Waals surface area (Å²) in [5.74, 6) is 0.640. The zero-order chi connectivity index (χ0) is 10.2. The molecule has 1 atom stereocenters. The second kappa shape index (κ2) is 3.54. The first-order valence-electron chi connectivity index (χ1n) is 5.50. The highest BCUT2D eigenvalue weighted by molar-refractivity contribution is 5.80. The Bertz CT molecular complexity index is 217. The topological polar surface area (TPSA) is 38.3 Å². The molecule has 2 fully saturated rings. The predicted octanol–water partition coefficient (Wildman–Crippen LogP) is 1.47. The maximum absolute atomic E-state index is 11.7. The molecule has 0 amide bonds. The number of hydrogen-bond acceptors (Lipinski definition) is 3. The van der Waals surface area contributed by atoms with Gasteiger partial charge >= 0.3 is 5.97 Å². The van der Waals surface area contributed by atoms with Crippen molar-refractivity contribution in [3.63, 3.8) is 0 Å². The first-order valence-corrected chi connectivity index (χ1v) is 5.50. The van der Waals surface area contributed by atoms with E-state index in [4.69, 9.17) is 4.74 Å². The third-order valence-electron chi connectivity index (χ3n) is 3.13. The van der Waals surface area contributed by atoms with Crippen LogP contribution in [-0.2, 0) is 9.53 Å². The van der Waals surface area contributed by atoms with Crippen molar-refractivity contribution < 1.29 is 9.53 Å². The van der Waals surface area contributed by atoms with Crippen molar-refractivity contribution in [1.82, 2.24) is 5.32 Å². The molecule has 3 nitrogen and oxygen atoms in total. The van der Waals surface area contributed by atoms with Gasteiger partial charge in [-0.2, -0.15) is 0 Å². The minimum absolute atomic E-state index is 0.101. The summed E-state index contributed by atoms with van der Waals surface area (Å²) in [7, 11) is 1.47. The zero-order valence-electron chi connectivity index (χ0n) is 9.01. The highest BCUT2D eigenvalue weighted by atomic mass is 16.5. The highest BCUT2D eigenvalue weighted by Gasteiger charge is 2.43. The van der Waals surface area contributed by atoms with E-state index in [0.29, 0.717) is 6.04 Å². The fourth-order valence-corrected chi connectivity index (χ4v) is 2.00. The van der Waals surface area contributed by atoms with Crippen LogP contribution in [0, 0.1) is 5.92 Å². The predicted molar refractivity (Wildman–Crippen MR) is 53.9 cm³/mol. The molecule has 2 aliphatic carbocycles. The lowest BCUT2D eigenvalue weighted by Gasteiger charge is -2.28. The van der Waals surface area contributed by atoms with Crippen molar-refractivity contribution in [2.24, 2.45) is 5.92 Å². The van der Waals surface area contributed by atoms with E-state index in [1.807, 2.05) is 6.92 Å². The van der Waals surface area contributed by atoms with E-state index < -0.39 is 5.54 Å². The van der Waals surface area contributed by atoms with Crippen molar-refractivity contribution in [3.8, 4) is 0 Å². The monoisotopic (exact) mass is 197 g/mol. The first-order chi connectivity index (χ1) is 6.64. The minimum Gasteiger partial charge on any atom is -0.468 e. The molecule has 14 heavy (non-hydrogen) atoms. The van der Waals surface area contributed by atoms with Gasteiger partial charge in [-0.1, -0.05) is 12.8 Å². The molecule has 0 heterocycles. The molecule has 0 radical (unpaired) electrons. The van der Waals surface area contributed by atoms with Crippen LogP contribution in [0.3, 0.4) is 0 Å². The van der Waals surface area contributed by atoms with Crippen LogP contribution in [0.2, 0.25) is 0 Å². The van der Waals surface area contributed by atoms with Gasteiger partial charge in [0.15, 0.2) is 0 Å². The normalized spacial score (nSPS) is 25.6. The second-order valence-electron chi connectivity index (χ2n) is 4.89. The lowest BCUT2D eigenvalue weighted by Crippen LogP contribution is -2.51. The number of carbonyl (C=O) groups excluding carboxylic acids is 1. The molecule has 0 saturated heterocycles. The molecule has 2 saturated carbocycles. The van der Waals surface area contributed by atoms with Gasteiger partial charge in [-0.3, -0.25) is 10.1 Å². The largest absolute Gasteiger partial charge is 0.468 e. The van der Waals surface area contributed by atoms with E-state index in [-0.39, 0.29) is 5.97 Å². The number of rotatable bonds is 5. The third kappa shape index (κ3) is 2.27. The number of carbonyl (C=O) groups is 1. The third-order valence-corrected chi connectivity index (χ3v) is 3.13. The SMILES string of the molecule is COC(=O)C(C)(CC1CC1)NC1CC1. The Balaban J connectivity index is 1.96. The maximum atomic E-state index is 11.7. The lowest BCUT2D eigenvalue weighted by molar-refractivity contribution is -0.148. The van der Waals surface area contributed by atoms with Gasteiger partial charge in [-0.15, -0.1) is 0 Å². The molecule has 1 unspecified atom stereocenters. The first kappa shape index (κ1) is 9.97. The summed E-state index contributed by atoms with van der Waals surface area (Å²) < 4.78 is 4.87. The molecule has 0 aromatic carbocycles. The Kier molecular flexibility index (Phi) is 2.52. The second-order valence-corrected chi connectivity index (χ2v) is 4.89. The standard InChI is InChI=1S/C11H19NO2/c1-11(10(13)14-2,7-8-3-4-8)12-9-5-6-9/h8-9,12H,3-7H2,1-2H3. The Labute approximate surface area is 85.2 Å². The number of hydrogen-bond donors (Lipinski definition) is 1. The minimum atomic E-state index is -0.433. The van der Waals surface area contributed by atoms with Crippen LogP contribution in [0.25, 0.3) is 0 Å². The van der Waals surface area contributed by atoms with Crippen molar-refractivity contribution in [3.05, 3.63) is 0 Å². The Morgan fingerprint density at radius 1 is 1.43 bits per heavy atom. The average molecular weight is 197 g/mol. The fourth-order valence-electron chi connectivity index (χ4n) is 2.00. The van der Waals surface area contributed by atoms with Gasteiger partial charge in [0.2, 0.25) is 0 Å². The highest BCUT2D eigenvalue weighted by Crippen LogP contribution is 2.38. The van der Waals surface area contributed by atoms with Gasteiger partial charge in [0.05, 0.1) is 7.11 Å². The van der Waals surface area contributed by atoms with Gasteiger partial charge < -0.3 is 4.74 Å². The van der Waals surface area contributed by atoms with Gasteiger partial charge in [-0.05, 0) is 32.1 Å². The summed E-state index contributed by atoms with van der Waals surface area (Å²) in [6.45, 7) is 1.98. The van der Waals surface area contributed by atoms with Crippen LogP contribution in [0.1, 0.15) is 39.0 Å². The Hall–Kier alpha value is -0.570. The molecule has 80 valence electrons. The molecule has 0 aromatic heterocycles. The Morgan fingerprint density at radius 2 is 2.07 bits per heavy atom. The van der Waals surface area contributed by atoms with Gasteiger partial charge in [0, 0.05) is 6.04 Å². The van der Waals surface area contributed by atoms with E-state index in [1.165, 1.54) is 32.8 Å². The smallest absolute Gasteiger partial charge is 0.325 e. The van der Waals surface area contributed by atoms with E-state index in [2.05, 4.69) is 5.32 Å². The fraction of sp³-hybridized carbons (Fsp3) is 0.909. The van der Waals surface area contributed by atoms with E-state index in [1.54, 1.807) is 0 Å². The summed E-state index contributed by atoms with van der Waals surface area (Å²) in [4.78, 5) is 11.7. The van der Waals surface area contributed by atoms with Crippen LogP contribution in [0.15, 0.2) is 0 Å². The molecule has 0 bridgehead atoms. The Morgan fingerprint density at radius 3 is 2.50 bits per heavy atom. The summed E-state index contributed by atoms with van der Waals surface area (Å²) >= 11 is 0. The number of ether oxygens (including phenoxy) is 1. The lowest BCUT2D eigenvalue weighted by atomic mass is 9.94.